The lowest BCUT2D eigenvalue weighted by Gasteiger charge is -2.23. The van der Waals surface area contributed by atoms with Crippen molar-refractivity contribution in [1.29, 1.82) is 0 Å². The van der Waals surface area contributed by atoms with Crippen LogP contribution in [0.15, 0.2) is 5.51 Å². The predicted octanol–water partition coefficient (Wildman–Crippen LogP) is 2.20. The van der Waals surface area contributed by atoms with Gasteiger partial charge in [0.15, 0.2) is 10.6 Å². The fraction of sp³-hybridized carbons (Fsp3) is 0.571. The zero-order chi connectivity index (χ0) is 16.0. The van der Waals surface area contributed by atoms with Crippen molar-refractivity contribution in [2.75, 3.05) is 17.6 Å². The van der Waals surface area contributed by atoms with Gasteiger partial charge in [-0.1, -0.05) is 0 Å². The molecule has 0 amide bonds. The van der Waals surface area contributed by atoms with Crippen LogP contribution in [0.25, 0.3) is 10.3 Å². The third-order valence-corrected chi connectivity index (χ3v) is 4.21. The molecule has 3 rings (SSSR count). The van der Waals surface area contributed by atoms with Gasteiger partial charge in [-0.25, -0.2) is 9.97 Å². The normalized spacial score (nSPS) is 16.5. The second kappa shape index (κ2) is 5.05. The van der Waals surface area contributed by atoms with E-state index in [-0.39, 0.29) is 5.97 Å². The molecule has 1 fully saturated rings. The van der Waals surface area contributed by atoms with Gasteiger partial charge in [0, 0.05) is 6.54 Å². The van der Waals surface area contributed by atoms with Crippen LogP contribution in [-0.2, 0) is 9.53 Å². The van der Waals surface area contributed by atoms with Crippen LogP contribution in [0.3, 0.4) is 0 Å². The number of carbonyl (C=O) groups is 1. The van der Waals surface area contributed by atoms with Gasteiger partial charge < -0.3 is 15.8 Å². The topological polar surface area (TPSA) is 103 Å². The van der Waals surface area contributed by atoms with E-state index in [2.05, 4.69) is 20.3 Å². The fourth-order valence-corrected chi connectivity index (χ4v) is 2.77. The van der Waals surface area contributed by atoms with Gasteiger partial charge in [0.1, 0.15) is 11.1 Å². The summed E-state index contributed by atoms with van der Waals surface area (Å²) in [6, 6.07) is 0. The summed E-state index contributed by atoms with van der Waals surface area (Å²) in [5.74, 6) is 0.597. The van der Waals surface area contributed by atoms with E-state index in [0.29, 0.717) is 23.8 Å². The smallest absolute Gasteiger partial charge is 0.314 e. The van der Waals surface area contributed by atoms with Crippen LogP contribution in [-0.4, -0.2) is 33.1 Å². The van der Waals surface area contributed by atoms with E-state index in [1.807, 2.05) is 20.8 Å². The lowest BCUT2D eigenvalue weighted by Crippen LogP contribution is -2.33. The molecule has 0 bridgehead atoms. The van der Waals surface area contributed by atoms with E-state index < -0.39 is 11.0 Å². The van der Waals surface area contributed by atoms with E-state index >= 15 is 0 Å². The maximum atomic E-state index is 12.3. The Morgan fingerprint density at radius 2 is 2.18 bits per heavy atom. The molecule has 1 aliphatic rings. The Hall–Kier alpha value is -1.96. The number of nitrogens with two attached hydrogens (primary N) is 1. The molecule has 7 nitrogen and oxygen atoms in total. The van der Waals surface area contributed by atoms with Crippen molar-refractivity contribution in [1.82, 2.24) is 15.0 Å². The molecule has 3 N–H and O–H groups in total. The van der Waals surface area contributed by atoms with E-state index in [0.717, 1.165) is 17.7 Å². The molecule has 0 atom stereocenters. The minimum Gasteiger partial charge on any atom is -0.459 e. The Morgan fingerprint density at radius 1 is 1.45 bits per heavy atom. The monoisotopic (exact) mass is 321 g/mol. The number of rotatable bonds is 4. The van der Waals surface area contributed by atoms with Crippen molar-refractivity contribution in [3.63, 3.8) is 0 Å². The molecule has 0 radical (unpaired) electrons. The maximum absolute atomic E-state index is 12.3. The summed E-state index contributed by atoms with van der Waals surface area (Å²) in [7, 11) is 0. The molecule has 22 heavy (non-hydrogen) atoms. The summed E-state index contributed by atoms with van der Waals surface area (Å²) in [4.78, 5) is 25.7. The number of nitrogens with one attached hydrogen (secondary N) is 1. The molecule has 2 aromatic rings. The molecular formula is C14H19N5O2S. The number of hydrogen-bond donors (Lipinski definition) is 2. The van der Waals surface area contributed by atoms with Gasteiger partial charge in [-0.15, -0.1) is 11.3 Å². The minimum absolute atomic E-state index is 0.167. The standard InChI is InChI=1S/C14H19N5O2S/c1-13(2,3)21-11(20)14(4-5-14)6-16-12-18-9(15)8-10(19-12)22-7-17-8/h7H,4-6H2,1-3H3,(H3,15,16,18,19). The fourth-order valence-electron chi connectivity index (χ4n) is 2.10. The van der Waals surface area contributed by atoms with Gasteiger partial charge in [0.2, 0.25) is 5.95 Å². The second-order valence-corrected chi connectivity index (χ2v) is 7.41. The Balaban J connectivity index is 1.70. The SMILES string of the molecule is CC(C)(C)OC(=O)C1(CNc2nc(N)c3ncsc3n2)CC1. The number of aromatic nitrogens is 3. The molecule has 2 aromatic heterocycles. The van der Waals surface area contributed by atoms with Crippen LogP contribution in [0, 0.1) is 5.41 Å². The number of anilines is 2. The summed E-state index contributed by atoms with van der Waals surface area (Å²) in [5.41, 5.74) is 7.22. The van der Waals surface area contributed by atoms with Crippen LogP contribution in [0.2, 0.25) is 0 Å². The summed E-state index contributed by atoms with van der Waals surface area (Å²) >= 11 is 1.40. The van der Waals surface area contributed by atoms with Crippen molar-refractivity contribution < 1.29 is 9.53 Å². The predicted molar refractivity (Wildman–Crippen MR) is 85.6 cm³/mol. The third-order valence-electron chi connectivity index (χ3n) is 3.50. The van der Waals surface area contributed by atoms with E-state index in [4.69, 9.17) is 10.5 Å². The number of hydrogen-bond acceptors (Lipinski definition) is 8. The van der Waals surface area contributed by atoms with E-state index in [1.165, 1.54) is 11.3 Å². The third kappa shape index (κ3) is 2.96. The average Bonchev–Trinajstić information content (AvgIpc) is 3.05. The molecule has 1 aliphatic carbocycles. The Kier molecular flexibility index (Phi) is 3.43. The molecule has 8 heteroatoms. The van der Waals surface area contributed by atoms with E-state index in [1.54, 1.807) is 5.51 Å². The highest BCUT2D eigenvalue weighted by molar-refractivity contribution is 7.16. The number of nitrogens with zero attached hydrogens (tertiary/aromatic N) is 3. The highest BCUT2D eigenvalue weighted by atomic mass is 32.1. The van der Waals surface area contributed by atoms with Gasteiger partial charge in [-0.05, 0) is 33.6 Å². The first kappa shape index (κ1) is 15.0. The Labute approximate surface area is 132 Å². The molecule has 0 saturated heterocycles. The zero-order valence-corrected chi connectivity index (χ0v) is 13.7. The highest BCUT2D eigenvalue weighted by Gasteiger charge is 2.52. The number of carbonyl (C=O) groups excluding carboxylic acids is 1. The van der Waals surface area contributed by atoms with Crippen LogP contribution in [0.1, 0.15) is 33.6 Å². The van der Waals surface area contributed by atoms with Crippen molar-refractivity contribution in [3.8, 4) is 0 Å². The number of thiazole rings is 1. The minimum atomic E-state index is -0.477. The number of nitrogen functional groups attached to an aromatic ring is 1. The molecule has 118 valence electrons. The van der Waals surface area contributed by atoms with Crippen LogP contribution in [0.4, 0.5) is 11.8 Å². The zero-order valence-electron chi connectivity index (χ0n) is 12.8. The second-order valence-electron chi connectivity index (χ2n) is 6.57. The average molecular weight is 321 g/mol. The van der Waals surface area contributed by atoms with Gasteiger partial charge >= 0.3 is 5.97 Å². The number of fused-ring (bicyclic) bond motifs is 1. The van der Waals surface area contributed by atoms with E-state index in [9.17, 15) is 4.79 Å². The largest absolute Gasteiger partial charge is 0.459 e. The molecule has 0 unspecified atom stereocenters. The Bertz CT molecular complexity index is 718. The molecule has 0 spiro atoms. The van der Waals surface area contributed by atoms with Gasteiger partial charge in [-0.3, -0.25) is 4.79 Å². The lowest BCUT2D eigenvalue weighted by atomic mass is 10.1. The lowest BCUT2D eigenvalue weighted by molar-refractivity contribution is -0.161. The first-order valence-corrected chi connectivity index (χ1v) is 8.01. The number of esters is 1. The maximum Gasteiger partial charge on any atom is 0.314 e. The first-order chi connectivity index (χ1) is 10.3. The molecular weight excluding hydrogens is 302 g/mol. The van der Waals surface area contributed by atoms with Gasteiger partial charge in [-0.2, -0.15) is 4.98 Å². The van der Waals surface area contributed by atoms with Crippen LogP contribution < -0.4 is 11.1 Å². The summed E-state index contributed by atoms with van der Waals surface area (Å²) in [5, 5.41) is 3.11. The van der Waals surface area contributed by atoms with Crippen LogP contribution in [0.5, 0.6) is 0 Å². The quantitative estimate of drug-likeness (QED) is 0.832. The highest BCUT2D eigenvalue weighted by Crippen LogP contribution is 2.47. The summed E-state index contributed by atoms with van der Waals surface area (Å²) in [6.45, 7) is 6.06. The number of ether oxygens (including phenoxy) is 1. The first-order valence-electron chi connectivity index (χ1n) is 7.13. The van der Waals surface area contributed by atoms with Gasteiger partial charge in [0.05, 0.1) is 10.9 Å². The van der Waals surface area contributed by atoms with Crippen molar-refractivity contribution in [2.24, 2.45) is 5.41 Å². The Morgan fingerprint density at radius 3 is 2.82 bits per heavy atom. The molecule has 0 aliphatic heterocycles. The summed E-state index contributed by atoms with van der Waals surface area (Å²) in [6.07, 6.45) is 1.63. The summed E-state index contributed by atoms with van der Waals surface area (Å²) < 4.78 is 5.48. The van der Waals surface area contributed by atoms with Crippen molar-refractivity contribution >= 4 is 39.4 Å². The molecule has 0 aromatic carbocycles. The molecule has 1 saturated carbocycles. The van der Waals surface area contributed by atoms with Gasteiger partial charge in [0.25, 0.3) is 0 Å². The molecule has 2 heterocycles. The van der Waals surface area contributed by atoms with Crippen molar-refractivity contribution in [2.45, 2.75) is 39.2 Å². The van der Waals surface area contributed by atoms with Crippen LogP contribution >= 0.6 is 11.3 Å². The van der Waals surface area contributed by atoms with Crippen molar-refractivity contribution in [3.05, 3.63) is 5.51 Å².